The Balaban J connectivity index is 2.02. The van der Waals surface area contributed by atoms with Crippen molar-refractivity contribution in [2.75, 3.05) is 0 Å². The van der Waals surface area contributed by atoms with Crippen LogP contribution in [0.5, 0.6) is 5.75 Å². The summed E-state index contributed by atoms with van der Waals surface area (Å²) in [5.74, 6) is -0.573. The maximum atomic E-state index is 15.4. The molecular weight excluding hydrogens is 447 g/mol. The Labute approximate surface area is 193 Å². The zero-order chi connectivity index (χ0) is 23.9. The number of fused-ring (bicyclic) bond motifs is 1. The van der Waals surface area contributed by atoms with Crippen molar-refractivity contribution in [3.63, 3.8) is 0 Å². The molecule has 2 heterocycles. The molecule has 0 spiro atoms. The number of halogens is 2. The predicted molar refractivity (Wildman–Crippen MR) is 123 cm³/mol. The van der Waals surface area contributed by atoms with Gasteiger partial charge in [-0.25, -0.2) is 9.49 Å². The number of aryl methyl sites for hydroxylation is 1. The molecule has 2 aromatic carbocycles. The largest absolute Gasteiger partial charge is 0.490 e. The number of nitriles is 1. The van der Waals surface area contributed by atoms with E-state index < -0.39 is 5.82 Å². The first-order chi connectivity index (χ1) is 15.8. The van der Waals surface area contributed by atoms with Crippen LogP contribution in [0, 0.1) is 17.1 Å². The lowest BCUT2D eigenvalue weighted by Crippen LogP contribution is -2.13. The van der Waals surface area contributed by atoms with E-state index in [4.69, 9.17) is 22.1 Å². The molecule has 10 heteroatoms. The number of nitrogens with zero attached hydrogens (tertiary/aromatic N) is 4. The summed E-state index contributed by atoms with van der Waals surface area (Å²) in [4.78, 5) is 12.2. The first kappa shape index (κ1) is 22.5. The third-order valence-electron chi connectivity index (χ3n) is 5.21. The van der Waals surface area contributed by atoms with Crippen LogP contribution >= 0.6 is 11.6 Å². The number of aromatic amines is 1. The van der Waals surface area contributed by atoms with Crippen molar-refractivity contribution >= 4 is 22.4 Å². The summed E-state index contributed by atoms with van der Waals surface area (Å²) < 4.78 is 22.6. The van der Waals surface area contributed by atoms with Crippen LogP contribution < -0.4 is 16.0 Å². The van der Waals surface area contributed by atoms with Gasteiger partial charge in [-0.05, 0) is 31.5 Å². The second-order valence-corrected chi connectivity index (χ2v) is 8.10. The zero-order valence-corrected chi connectivity index (χ0v) is 18.9. The molecule has 0 atom stereocenters. The summed E-state index contributed by atoms with van der Waals surface area (Å²) in [6, 6.07) is 8.47. The molecule has 33 heavy (non-hydrogen) atoms. The number of hydrogen-bond donors (Lipinski definition) is 2. The molecule has 0 aliphatic heterocycles. The molecule has 4 aromatic rings. The second kappa shape index (κ2) is 8.65. The first-order valence-electron chi connectivity index (χ1n) is 10.1. The number of benzene rings is 2. The van der Waals surface area contributed by atoms with Gasteiger partial charge in [0.05, 0.1) is 39.7 Å². The molecule has 2 aromatic heterocycles. The van der Waals surface area contributed by atoms with Crippen molar-refractivity contribution in [2.45, 2.75) is 26.5 Å². The van der Waals surface area contributed by atoms with Gasteiger partial charge in [0.25, 0.3) is 5.56 Å². The summed E-state index contributed by atoms with van der Waals surface area (Å²) >= 11 is 6.18. The third-order valence-corrected chi connectivity index (χ3v) is 5.48. The quantitative estimate of drug-likeness (QED) is 0.460. The van der Waals surface area contributed by atoms with E-state index in [9.17, 15) is 10.1 Å². The van der Waals surface area contributed by atoms with E-state index in [1.165, 1.54) is 10.7 Å². The average molecular weight is 467 g/mol. The highest BCUT2D eigenvalue weighted by molar-refractivity contribution is 6.31. The van der Waals surface area contributed by atoms with Gasteiger partial charge >= 0.3 is 0 Å². The second-order valence-electron chi connectivity index (χ2n) is 7.69. The Kier molecular flexibility index (Phi) is 5.89. The molecule has 0 amide bonds. The summed E-state index contributed by atoms with van der Waals surface area (Å²) in [5.41, 5.74) is 7.48. The Morgan fingerprint density at radius 2 is 2.09 bits per heavy atom. The van der Waals surface area contributed by atoms with Crippen molar-refractivity contribution in [3.8, 4) is 34.2 Å². The van der Waals surface area contributed by atoms with E-state index in [0.717, 1.165) is 0 Å². The van der Waals surface area contributed by atoms with Crippen molar-refractivity contribution in [2.24, 2.45) is 12.8 Å². The molecule has 0 saturated carbocycles. The normalized spacial score (nSPS) is 11.2. The zero-order valence-electron chi connectivity index (χ0n) is 18.1. The highest BCUT2D eigenvalue weighted by Crippen LogP contribution is 2.41. The fourth-order valence-electron chi connectivity index (χ4n) is 3.77. The SMILES string of the molecule is CC(C)Oc1cc(Cl)c(F)c(-c2c(-c3ccc4c(=O)[nH]nc(CN)c4c3)cnn2C)c1C#N. The van der Waals surface area contributed by atoms with Crippen LogP contribution in [-0.2, 0) is 13.6 Å². The molecule has 0 bridgehead atoms. The van der Waals surface area contributed by atoms with E-state index >= 15 is 4.39 Å². The van der Waals surface area contributed by atoms with Crippen molar-refractivity contribution in [1.29, 1.82) is 5.26 Å². The van der Waals surface area contributed by atoms with E-state index in [1.807, 2.05) is 0 Å². The fraction of sp³-hybridized carbons (Fsp3) is 0.217. The molecule has 168 valence electrons. The summed E-state index contributed by atoms with van der Waals surface area (Å²) in [6.45, 7) is 3.72. The minimum absolute atomic E-state index is 0.0111. The monoisotopic (exact) mass is 466 g/mol. The van der Waals surface area contributed by atoms with Crippen LogP contribution in [0.25, 0.3) is 33.2 Å². The molecular formula is C23H20ClFN6O2. The van der Waals surface area contributed by atoms with Crippen LogP contribution in [0.3, 0.4) is 0 Å². The van der Waals surface area contributed by atoms with Crippen LogP contribution in [0.4, 0.5) is 4.39 Å². The van der Waals surface area contributed by atoms with E-state index in [-0.39, 0.29) is 40.1 Å². The Morgan fingerprint density at radius 3 is 2.76 bits per heavy atom. The van der Waals surface area contributed by atoms with Crippen LogP contribution in [-0.4, -0.2) is 26.1 Å². The predicted octanol–water partition coefficient (Wildman–Crippen LogP) is 3.90. The number of aromatic nitrogens is 4. The standard InChI is InChI=1S/C23H20ClFN6O2/c1-11(2)33-19-7-17(24)21(25)20(15(19)8-26)22-16(10-28-31(22)3)12-4-5-13-14(6-12)18(9-27)29-30-23(13)32/h4-7,10-11H,9,27H2,1-3H3,(H,30,32). The van der Waals surface area contributed by atoms with Gasteiger partial charge in [-0.15, -0.1) is 0 Å². The number of hydrogen-bond acceptors (Lipinski definition) is 6. The summed E-state index contributed by atoms with van der Waals surface area (Å²) in [7, 11) is 1.64. The maximum absolute atomic E-state index is 15.4. The highest BCUT2D eigenvalue weighted by atomic mass is 35.5. The minimum Gasteiger partial charge on any atom is -0.490 e. The van der Waals surface area contributed by atoms with E-state index in [2.05, 4.69) is 21.4 Å². The lowest BCUT2D eigenvalue weighted by atomic mass is 9.95. The van der Waals surface area contributed by atoms with Gasteiger partial charge in [-0.1, -0.05) is 17.7 Å². The number of nitrogens with one attached hydrogen (secondary N) is 1. The molecule has 0 fully saturated rings. The van der Waals surface area contributed by atoms with Crippen molar-refractivity contribution < 1.29 is 9.13 Å². The van der Waals surface area contributed by atoms with Crippen molar-refractivity contribution in [3.05, 3.63) is 62.9 Å². The topological polar surface area (TPSA) is 123 Å². The number of H-pyrrole nitrogens is 1. The molecule has 8 nitrogen and oxygen atoms in total. The molecule has 3 N–H and O–H groups in total. The Morgan fingerprint density at radius 1 is 1.33 bits per heavy atom. The number of rotatable bonds is 5. The molecule has 0 unspecified atom stereocenters. The summed E-state index contributed by atoms with van der Waals surface area (Å²) in [5, 5.41) is 21.5. The van der Waals surface area contributed by atoms with E-state index in [0.29, 0.717) is 33.3 Å². The van der Waals surface area contributed by atoms with Gasteiger partial charge in [-0.3, -0.25) is 9.48 Å². The Bertz CT molecular complexity index is 1490. The number of ether oxygens (including phenoxy) is 1. The van der Waals surface area contributed by atoms with E-state index in [1.54, 1.807) is 45.3 Å². The average Bonchev–Trinajstić information content (AvgIpc) is 3.16. The Hall–Kier alpha value is -3.74. The number of nitrogens with two attached hydrogens (primary N) is 1. The van der Waals surface area contributed by atoms with Gasteiger partial charge in [0.1, 0.15) is 17.4 Å². The lowest BCUT2D eigenvalue weighted by molar-refractivity contribution is 0.241. The molecule has 0 radical (unpaired) electrons. The first-order valence-corrected chi connectivity index (χ1v) is 10.5. The molecule has 0 saturated heterocycles. The molecule has 4 rings (SSSR count). The fourth-order valence-corrected chi connectivity index (χ4v) is 3.96. The van der Waals surface area contributed by atoms with Gasteiger partial charge in [0, 0.05) is 30.6 Å². The molecule has 0 aliphatic rings. The van der Waals surface area contributed by atoms with Gasteiger partial charge in [0.2, 0.25) is 0 Å². The lowest BCUT2D eigenvalue weighted by Gasteiger charge is -2.17. The van der Waals surface area contributed by atoms with Gasteiger partial charge < -0.3 is 10.5 Å². The third kappa shape index (κ3) is 3.84. The smallest absolute Gasteiger partial charge is 0.272 e. The van der Waals surface area contributed by atoms with Crippen molar-refractivity contribution in [1.82, 2.24) is 20.0 Å². The minimum atomic E-state index is -0.754. The van der Waals surface area contributed by atoms with Crippen LogP contribution in [0.1, 0.15) is 25.1 Å². The van der Waals surface area contributed by atoms with Gasteiger partial charge in [0.15, 0.2) is 5.82 Å². The molecule has 0 aliphatic carbocycles. The van der Waals surface area contributed by atoms with Crippen LogP contribution in [0.15, 0.2) is 35.3 Å². The van der Waals surface area contributed by atoms with Gasteiger partial charge in [-0.2, -0.15) is 15.5 Å². The highest BCUT2D eigenvalue weighted by Gasteiger charge is 2.26. The maximum Gasteiger partial charge on any atom is 0.272 e. The van der Waals surface area contributed by atoms with Crippen LogP contribution in [0.2, 0.25) is 5.02 Å². The summed E-state index contributed by atoms with van der Waals surface area (Å²) in [6.07, 6.45) is 1.31.